The van der Waals surface area contributed by atoms with Crippen molar-refractivity contribution in [3.8, 4) is 134 Å². The van der Waals surface area contributed by atoms with Gasteiger partial charge in [-0.3, -0.25) is 0 Å². The van der Waals surface area contributed by atoms with Gasteiger partial charge in [-0.2, -0.15) is 0 Å². The number of hydrogen-bond acceptors (Lipinski definition) is 0. The Morgan fingerprint density at radius 3 is 0.737 bits per heavy atom. The summed E-state index contributed by atoms with van der Waals surface area (Å²) in [6.07, 6.45) is 0. The van der Waals surface area contributed by atoms with Crippen LogP contribution in [0.15, 0.2) is 449 Å². The van der Waals surface area contributed by atoms with Gasteiger partial charge < -0.3 is 0 Å². The Labute approximate surface area is 697 Å². The SMILES string of the molecule is c1ccc(-c2cccc(-c3cc(-c4ccc5c(c4)c4cc(-c6ccccc6)ccc4n5-c4cccc(-c5ccccc5)c4)cc(-c4cccc5c4[se]c4ccccc45)c3)c2)cc1.c1ccc(-c2cccc(-c3cc(-c4ccc5c(c4)c4cc(-c6ccccc6)ccc4n5-c4ccccc4)cc(-c4cccc5c4[se]c4ccccc45)c3)c2)cc1. The minimum absolute atomic E-state index is 0.223. The standard InChI is InChI=1S/C60H39NSe.C54H35NSe/c1-4-15-40(16-5-1)43-21-12-22-44(33-43)48-34-49(36-50(35-48)52-26-14-27-54-53-25-10-11-28-59(53)62-60(52)54)47-30-32-58-56(39-47)55-38-46(42-19-8-3-9-20-42)29-31-57(55)61(58)51-24-13-23-45(37-51)41-17-6-2-7-18-41;1-4-14-36(15-5-1)38-18-12-19-39(30-38)42-31-43(33-44(32-42)46-23-13-24-48-47-22-10-11-25-53(47)56-54(46)48)41-27-29-52-50(35-41)49-34-40(37-16-6-2-7-17-37)26-28-51(49)55(52)45-20-8-3-9-21-45/h1-39H;1-35H. The molecule has 118 heavy (non-hydrogen) atoms. The van der Waals surface area contributed by atoms with E-state index in [2.05, 4.69) is 458 Å². The van der Waals surface area contributed by atoms with Crippen molar-refractivity contribution >= 4 is 111 Å². The number of rotatable bonds is 13. The zero-order valence-corrected chi connectivity index (χ0v) is 67.9. The van der Waals surface area contributed by atoms with Gasteiger partial charge in [0.2, 0.25) is 0 Å². The van der Waals surface area contributed by atoms with Crippen molar-refractivity contribution in [2.24, 2.45) is 0 Å². The number of nitrogens with zero attached hydrogens (tertiary/aromatic N) is 2. The van der Waals surface area contributed by atoms with E-state index in [1.165, 1.54) is 205 Å². The van der Waals surface area contributed by atoms with Crippen molar-refractivity contribution in [1.29, 1.82) is 0 Å². The fourth-order valence-electron chi connectivity index (χ4n) is 17.8. The molecule has 2 nitrogen and oxygen atoms in total. The molecule has 0 saturated carbocycles. The van der Waals surface area contributed by atoms with E-state index >= 15 is 0 Å². The second-order valence-electron chi connectivity index (χ2n) is 30.6. The maximum atomic E-state index is 2.44. The second-order valence-corrected chi connectivity index (χ2v) is 35.1. The van der Waals surface area contributed by atoms with Crippen LogP contribution in [0.1, 0.15) is 0 Å². The van der Waals surface area contributed by atoms with E-state index in [0.29, 0.717) is 0 Å². The van der Waals surface area contributed by atoms with E-state index in [9.17, 15) is 0 Å². The summed E-state index contributed by atoms with van der Waals surface area (Å²) < 4.78 is 10.7. The molecule has 0 aliphatic rings. The van der Waals surface area contributed by atoms with Crippen LogP contribution in [-0.2, 0) is 0 Å². The van der Waals surface area contributed by atoms with Crippen LogP contribution in [-0.4, -0.2) is 38.1 Å². The van der Waals surface area contributed by atoms with E-state index in [-0.39, 0.29) is 29.0 Å². The molecule has 0 unspecified atom stereocenters. The molecule has 0 atom stereocenters. The van der Waals surface area contributed by atoms with Crippen LogP contribution in [0.5, 0.6) is 0 Å². The third-order valence-corrected chi connectivity index (χ3v) is 28.7. The molecule has 0 bridgehead atoms. The summed E-state index contributed by atoms with van der Waals surface area (Å²) in [6, 6.07) is 165. The molecular weight excluding hydrogens is 1560 g/mol. The van der Waals surface area contributed by atoms with Gasteiger partial charge >= 0.3 is 571 Å². The Bertz CT molecular complexity index is 7760. The van der Waals surface area contributed by atoms with Gasteiger partial charge in [0.25, 0.3) is 0 Å². The van der Waals surface area contributed by atoms with Gasteiger partial charge in [0.15, 0.2) is 0 Å². The summed E-state index contributed by atoms with van der Waals surface area (Å²) in [5, 5.41) is 10.5. The van der Waals surface area contributed by atoms with E-state index in [1.54, 1.807) is 0 Å². The Kier molecular flexibility index (Phi) is 18.0. The van der Waals surface area contributed by atoms with Gasteiger partial charge in [-0.05, 0) is 11.1 Å². The summed E-state index contributed by atoms with van der Waals surface area (Å²) in [5.41, 5.74) is 34.1. The summed E-state index contributed by atoms with van der Waals surface area (Å²) in [7, 11) is 0. The first-order chi connectivity index (χ1) is 58.5. The van der Waals surface area contributed by atoms with Crippen molar-refractivity contribution in [1.82, 2.24) is 9.13 Å². The minimum atomic E-state index is 0.223. The molecule has 23 rings (SSSR count). The Hall–Kier alpha value is -14.2. The normalized spacial score (nSPS) is 11.6. The van der Waals surface area contributed by atoms with Crippen molar-refractivity contribution in [3.05, 3.63) is 449 Å². The first kappa shape index (κ1) is 70.4. The molecule has 0 spiro atoms. The van der Waals surface area contributed by atoms with Crippen molar-refractivity contribution < 1.29 is 0 Å². The molecule has 0 aliphatic carbocycles. The third-order valence-electron chi connectivity index (χ3n) is 23.5. The van der Waals surface area contributed by atoms with Crippen molar-refractivity contribution in [3.63, 3.8) is 0 Å². The number of para-hydroxylation sites is 1. The number of benzene rings is 19. The van der Waals surface area contributed by atoms with E-state index in [1.807, 2.05) is 0 Å². The zero-order valence-electron chi connectivity index (χ0n) is 64.4. The van der Waals surface area contributed by atoms with E-state index in [4.69, 9.17) is 0 Å². The van der Waals surface area contributed by atoms with Crippen LogP contribution in [0.4, 0.5) is 0 Å². The Morgan fingerprint density at radius 2 is 0.373 bits per heavy atom. The quantitative estimate of drug-likeness (QED) is 0.102. The number of aromatic nitrogens is 2. The van der Waals surface area contributed by atoms with Gasteiger partial charge in [-0.25, -0.2) is 0 Å². The van der Waals surface area contributed by atoms with E-state index < -0.39 is 0 Å². The number of hydrogen-bond donors (Lipinski definition) is 0. The van der Waals surface area contributed by atoms with Gasteiger partial charge in [0.1, 0.15) is 0 Å². The molecule has 4 heteroatoms. The topological polar surface area (TPSA) is 9.86 Å². The van der Waals surface area contributed by atoms with Gasteiger partial charge in [0.05, 0.1) is 0 Å². The monoisotopic (exact) mass is 1630 g/mol. The van der Waals surface area contributed by atoms with Gasteiger partial charge in [0, 0.05) is 0 Å². The summed E-state index contributed by atoms with van der Waals surface area (Å²) >= 11 is 0.460. The van der Waals surface area contributed by atoms with Gasteiger partial charge in [-0.1, -0.05) is 121 Å². The molecule has 0 radical (unpaired) electrons. The van der Waals surface area contributed by atoms with Crippen molar-refractivity contribution in [2.45, 2.75) is 0 Å². The fourth-order valence-corrected chi connectivity index (χ4v) is 23.0. The third kappa shape index (κ3) is 13.0. The predicted molar refractivity (Wildman–Crippen MR) is 505 cm³/mol. The molecule has 0 saturated heterocycles. The fraction of sp³-hybridized carbons (Fsp3) is 0. The summed E-state index contributed by atoms with van der Waals surface area (Å²) in [4.78, 5) is 0. The van der Waals surface area contributed by atoms with Crippen LogP contribution in [0, 0.1) is 0 Å². The number of fused-ring (bicyclic) bond motifs is 12. The van der Waals surface area contributed by atoms with Gasteiger partial charge in [-0.15, -0.1) is 0 Å². The van der Waals surface area contributed by atoms with Crippen LogP contribution >= 0.6 is 0 Å². The molecule has 4 heterocycles. The summed E-state index contributed by atoms with van der Waals surface area (Å²) in [5.74, 6) is 0. The average molecular weight is 1630 g/mol. The molecule has 4 aromatic heterocycles. The first-order valence-electron chi connectivity index (χ1n) is 40.4. The molecule has 0 amide bonds. The average Bonchev–Trinajstić information content (AvgIpc) is 1.58. The zero-order chi connectivity index (χ0) is 78.0. The van der Waals surface area contributed by atoms with Crippen LogP contribution in [0.25, 0.3) is 216 Å². The molecule has 552 valence electrons. The molecule has 23 aromatic rings. The van der Waals surface area contributed by atoms with Crippen LogP contribution in [0.2, 0.25) is 0 Å². The predicted octanol–water partition coefficient (Wildman–Crippen LogP) is 30.6. The molecule has 0 N–H and O–H groups in total. The van der Waals surface area contributed by atoms with Crippen LogP contribution in [0.3, 0.4) is 0 Å². The maximum absolute atomic E-state index is 2.44. The molecule has 0 aliphatic heterocycles. The van der Waals surface area contributed by atoms with E-state index in [0.717, 1.165) is 11.4 Å². The van der Waals surface area contributed by atoms with Crippen molar-refractivity contribution in [2.75, 3.05) is 0 Å². The first-order valence-corrected chi connectivity index (χ1v) is 43.8. The molecule has 19 aromatic carbocycles. The molecule has 0 fully saturated rings. The Morgan fingerprint density at radius 1 is 0.136 bits per heavy atom. The molecular formula is C114H74N2Se2. The second kappa shape index (κ2) is 30.2. The summed E-state index contributed by atoms with van der Waals surface area (Å²) in [6.45, 7) is 0. The Balaban J connectivity index is 0.000000143. The van der Waals surface area contributed by atoms with Crippen LogP contribution < -0.4 is 0 Å².